The standard InChI is InChI=1S/C22H30N4O3S/c1-23-22(25-16-20(17-27)19-7-3-2-4-8-19)24-15-18-9-11-21(12-10-18)30(28,29)26-13-5-6-14-26/h2-4,7-12,20,27H,5-6,13-17H2,1H3,(H2,23,24,25). The third-order valence-corrected chi connectivity index (χ3v) is 7.23. The lowest BCUT2D eigenvalue weighted by atomic mass is 10.0. The Balaban J connectivity index is 1.53. The highest BCUT2D eigenvalue weighted by atomic mass is 32.2. The summed E-state index contributed by atoms with van der Waals surface area (Å²) in [5, 5.41) is 16.2. The molecule has 0 saturated carbocycles. The van der Waals surface area contributed by atoms with Gasteiger partial charge in [-0.1, -0.05) is 42.5 Å². The van der Waals surface area contributed by atoms with Crippen LogP contribution in [0, 0.1) is 0 Å². The van der Waals surface area contributed by atoms with Crippen LogP contribution in [0.25, 0.3) is 0 Å². The molecule has 1 fully saturated rings. The van der Waals surface area contributed by atoms with Crippen molar-refractivity contribution in [1.82, 2.24) is 14.9 Å². The second-order valence-electron chi connectivity index (χ2n) is 7.35. The summed E-state index contributed by atoms with van der Waals surface area (Å²) >= 11 is 0. The number of sulfonamides is 1. The highest BCUT2D eigenvalue weighted by Crippen LogP contribution is 2.21. The highest BCUT2D eigenvalue weighted by Gasteiger charge is 2.26. The lowest BCUT2D eigenvalue weighted by molar-refractivity contribution is 0.265. The number of guanidine groups is 1. The van der Waals surface area contributed by atoms with Crippen molar-refractivity contribution in [1.29, 1.82) is 0 Å². The van der Waals surface area contributed by atoms with Crippen LogP contribution in [0.2, 0.25) is 0 Å². The predicted molar refractivity (Wildman–Crippen MR) is 119 cm³/mol. The topological polar surface area (TPSA) is 94.0 Å². The van der Waals surface area contributed by atoms with E-state index in [2.05, 4.69) is 15.6 Å². The van der Waals surface area contributed by atoms with Crippen LogP contribution in [-0.2, 0) is 16.6 Å². The molecule has 3 rings (SSSR count). The van der Waals surface area contributed by atoms with Gasteiger partial charge in [-0.15, -0.1) is 0 Å². The molecular weight excluding hydrogens is 400 g/mol. The molecule has 1 aliphatic rings. The number of rotatable bonds is 8. The molecule has 2 aromatic carbocycles. The smallest absolute Gasteiger partial charge is 0.243 e. The zero-order chi connectivity index (χ0) is 21.4. The zero-order valence-electron chi connectivity index (χ0n) is 17.3. The van der Waals surface area contributed by atoms with Crippen molar-refractivity contribution in [3.05, 3.63) is 65.7 Å². The average Bonchev–Trinajstić information content (AvgIpc) is 3.33. The number of nitrogens with zero attached hydrogens (tertiary/aromatic N) is 2. The normalized spacial score (nSPS) is 16.4. The third kappa shape index (κ3) is 5.59. The maximum Gasteiger partial charge on any atom is 0.243 e. The molecule has 30 heavy (non-hydrogen) atoms. The first-order chi connectivity index (χ1) is 14.5. The van der Waals surface area contributed by atoms with Gasteiger partial charge in [0, 0.05) is 39.1 Å². The van der Waals surface area contributed by atoms with Gasteiger partial charge in [0.2, 0.25) is 10.0 Å². The van der Waals surface area contributed by atoms with Gasteiger partial charge in [0.25, 0.3) is 0 Å². The number of benzene rings is 2. The van der Waals surface area contributed by atoms with Crippen LogP contribution in [0.5, 0.6) is 0 Å². The molecule has 1 saturated heterocycles. The summed E-state index contributed by atoms with van der Waals surface area (Å²) in [5.41, 5.74) is 2.03. The van der Waals surface area contributed by atoms with Gasteiger partial charge in [-0.3, -0.25) is 4.99 Å². The van der Waals surface area contributed by atoms with E-state index >= 15 is 0 Å². The fraction of sp³-hybridized carbons (Fsp3) is 0.409. The number of aliphatic hydroxyl groups is 1. The highest BCUT2D eigenvalue weighted by molar-refractivity contribution is 7.89. The molecule has 7 nitrogen and oxygen atoms in total. The van der Waals surface area contributed by atoms with Gasteiger partial charge in [0.1, 0.15) is 0 Å². The van der Waals surface area contributed by atoms with E-state index in [1.807, 2.05) is 42.5 Å². The average molecular weight is 431 g/mol. The molecule has 0 amide bonds. The first-order valence-corrected chi connectivity index (χ1v) is 11.7. The van der Waals surface area contributed by atoms with Crippen LogP contribution < -0.4 is 10.6 Å². The van der Waals surface area contributed by atoms with E-state index in [9.17, 15) is 13.5 Å². The van der Waals surface area contributed by atoms with E-state index in [-0.39, 0.29) is 12.5 Å². The van der Waals surface area contributed by atoms with Gasteiger partial charge in [0.05, 0.1) is 11.5 Å². The Hall–Kier alpha value is -2.42. The summed E-state index contributed by atoms with van der Waals surface area (Å²) in [6.45, 7) is 2.31. The second-order valence-corrected chi connectivity index (χ2v) is 9.29. The Kier molecular flexibility index (Phi) is 7.84. The molecule has 0 radical (unpaired) electrons. The van der Waals surface area contributed by atoms with Crippen molar-refractivity contribution in [2.45, 2.75) is 30.2 Å². The van der Waals surface area contributed by atoms with Gasteiger partial charge in [-0.05, 0) is 36.1 Å². The summed E-state index contributed by atoms with van der Waals surface area (Å²) < 4.78 is 26.8. The fourth-order valence-corrected chi connectivity index (χ4v) is 5.01. The van der Waals surface area contributed by atoms with Crippen LogP contribution in [0.4, 0.5) is 0 Å². The quantitative estimate of drug-likeness (QED) is 0.439. The van der Waals surface area contributed by atoms with E-state index < -0.39 is 10.0 Å². The number of aliphatic imine (C=N–C) groups is 1. The summed E-state index contributed by atoms with van der Waals surface area (Å²) in [4.78, 5) is 4.56. The maximum atomic E-state index is 12.6. The van der Waals surface area contributed by atoms with Crippen LogP contribution >= 0.6 is 0 Å². The molecule has 0 bridgehead atoms. The Morgan fingerprint density at radius 1 is 1.07 bits per heavy atom. The first kappa shape index (κ1) is 22.3. The lowest BCUT2D eigenvalue weighted by Gasteiger charge is -2.18. The third-order valence-electron chi connectivity index (χ3n) is 5.32. The molecule has 0 aliphatic carbocycles. The van der Waals surface area contributed by atoms with Crippen LogP contribution in [0.1, 0.15) is 29.9 Å². The van der Waals surface area contributed by atoms with Gasteiger partial charge in [0.15, 0.2) is 5.96 Å². The molecule has 0 aromatic heterocycles. The van der Waals surface area contributed by atoms with E-state index in [1.165, 1.54) is 0 Å². The molecular formula is C22H30N4O3S. The predicted octanol–water partition coefficient (Wildman–Crippen LogP) is 1.91. The molecule has 1 unspecified atom stereocenters. The largest absolute Gasteiger partial charge is 0.396 e. The summed E-state index contributed by atoms with van der Waals surface area (Å²) in [6.07, 6.45) is 1.85. The van der Waals surface area contributed by atoms with E-state index in [0.29, 0.717) is 37.0 Å². The molecule has 162 valence electrons. The summed E-state index contributed by atoms with van der Waals surface area (Å²) in [6, 6.07) is 16.8. The van der Waals surface area contributed by atoms with E-state index in [1.54, 1.807) is 23.5 Å². The van der Waals surface area contributed by atoms with Gasteiger partial charge >= 0.3 is 0 Å². The molecule has 1 atom stereocenters. The van der Waals surface area contributed by atoms with Crippen LogP contribution in [0.15, 0.2) is 64.5 Å². The number of nitrogens with one attached hydrogen (secondary N) is 2. The van der Waals surface area contributed by atoms with Crippen molar-refractivity contribution in [2.75, 3.05) is 33.3 Å². The Bertz CT molecular complexity index is 925. The molecule has 8 heteroatoms. The minimum absolute atomic E-state index is 0.0279. The van der Waals surface area contributed by atoms with Crippen molar-refractivity contribution < 1.29 is 13.5 Å². The van der Waals surface area contributed by atoms with Crippen molar-refractivity contribution in [3.63, 3.8) is 0 Å². The van der Waals surface area contributed by atoms with E-state index in [0.717, 1.165) is 24.0 Å². The summed E-state index contributed by atoms with van der Waals surface area (Å²) in [7, 11) is -1.69. The lowest BCUT2D eigenvalue weighted by Crippen LogP contribution is -2.39. The SMILES string of the molecule is CN=C(NCc1ccc(S(=O)(=O)N2CCCC2)cc1)NCC(CO)c1ccccc1. The Morgan fingerprint density at radius 2 is 1.73 bits per heavy atom. The second kappa shape index (κ2) is 10.6. The van der Waals surface area contributed by atoms with Gasteiger partial charge in [-0.2, -0.15) is 4.31 Å². The van der Waals surface area contributed by atoms with Gasteiger partial charge < -0.3 is 15.7 Å². The number of hydrogen-bond acceptors (Lipinski definition) is 4. The molecule has 1 heterocycles. The zero-order valence-corrected chi connectivity index (χ0v) is 18.1. The maximum absolute atomic E-state index is 12.6. The monoisotopic (exact) mass is 430 g/mol. The van der Waals surface area contributed by atoms with Crippen molar-refractivity contribution in [2.24, 2.45) is 4.99 Å². The number of aliphatic hydroxyl groups excluding tert-OH is 1. The molecule has 3 N–H and O–H groups in total. The fourth-order valence-electron chi connectivity index (χ4n) is 3.50. The van der Waals surface area contributed by atoms with Crippen LogP contribution in [-0.4, -0.2) is 57.1 Å². The number of hydrogen-bond donors (Lipinski definition) is 3. The Morgan fingerprint density at radius 3 is 2.33 bits per heavy atom. The molecule has 2 aromatic rings. The van der Waals surface area contributed by atoms with Crippen molar-refractivity contribution in [3.8, 4) is 0 Å². The Labute approximate surface area is 178 Å². The van der Waals surface area contributed by atoms with Crippen LogP contribution in [0.3, 0.4) is 0 Å². The molecule has 1 aliphatic heterocycles. The van der Waals surface area contributed by atoms with Gasteiger partial charge in [-0.25, -0.2) is 8.42 Å². The van der Waals surface area contributed by atoms with E-state index in [4.69, 9.17) is 0 Å². The molecule has 0 spiro atoms. The summed E-state index contributed by atoms with van der Waals surface area (Å²) in [5.74, 6) is 0.595. The first-order valence-electron chi connectivity index (χ1n) is 10.2. The minimum atomic E-state index is -3.39. The minimum Gasteiger partial charge on any atom is -0.396 e. The van der Waals surface area contributed by atoms with Crippen molar-refractivity contribution >= 4 is 16.0 Å².